The molecule has 2 rings (SSSR count). The van der Waals surface area contributed by atoms with Crippen molar-refractivity contribution < 1.29 is 14.0 Å². The molecule has 0 aliphatic heterocycles. The first-order valence-electron chi connectivity index (χ1n) is 6.88. The highest BCUT2D eigenvalue weighted by atomic mass is 32.1. The molecule has 4 nitrogen and oxygen atoms in total. The van der Waals surface area contributed by atoms with Crippen LogP contribution in [-0.4, -0.2) is 11.8 Å². The van der Waals surface area contributed by atoms with Gasteiger partial charge in [-0.1, -0.05) is 6.92 Å². The summed E-state index contributed by atoms with van der Waals surface area (Å²) in [4.78, 5) is 24.9. The average Bonchev–Trinajstić information content (AvgIpc) is 2.83. The third kappa shape index (κ3) is 3.71. The molecule has 0 saturated carbocycles. The number of hydrogen-bond acceptors (Lipinski definition) is 3. The molecule has 0 spiro atoms. The minimum absolute atomic E-state index is 0.0420. The predicted molar refractivity (Wildman–Crippen MR) is 87.1 cm³/mol. The van der Waals surface area contributed by atoms with Crippen molar-refractivity contribution in [2.24, 2.45) is 0 Å². The van der Waals surface area contributed by atoms with Crippen LogP contribution >= 0.6 is 11.3 Å². The normalized spacial score (nSPS) is 10.4. The molecule has 22 heavy (non-hydrogen) atoms. The van der Waals surface area contributed by atoms with E-state index in [4.69, 9.17) is 0 Å². The number of rotatable bonds is 4. The molecule has 1 aromatic carbocycles. The van der Waals surface area contributed by atoms with E-state index >= 15 is 0 Å². The molecule has 0 aliphatic rings. The summed E-state index contributed by atoms with van der Waals surface area (Å²) in [5, 5.41) is 5.10. The Morgan fingerprint density at radius 1 is 1.23 bits per heavy atom. The maximum Gasteiger partial charge on any atom is 0.265 e. The molecule has 2 amide bonds. The fourth-order valence-electron chi connectivity index (χ4n) is 2.07. The van der Waals surface area contributed by atoms with Crippen LogP contribution in [0.1, 0.15) is 34.0 Å². The number of hydrogen-bond donors (Lipinski definition) is 2. The maximum absolute atomic E-state index is 13.8. The van der Waals surface area contributed by atoms with Gasteiger partial charge in [0.15, 0.2) is 0 Å². The summed E-state index contributed by atoms with van der Waals surface area (Å²) in [7, 11) is 0. The van der Waals surface area contributed by atoms with E-state index in [0.29, 0.717) is 10.6 Å². The number of carbonyl (C=O) groups excluding carboxylic acids is 2. The summed E-state index contributed by atoms with van der Waals surface area (Å²) in [5.41, 5.74) is 1.53. The molecule has 0 fully saturated rings. The number of anilines is 2. The first-order chi connectivity index (χ1) is 10.4. The minimum atomic E-state index is -0.550. The molecule has 0 aliphatic carbocycles. The quantitative estimate of drug-likeness (QED) is 0.895. The van der Waals surface area contributed by atoms with E-state index in [1.807, 2.05) is 13.8 Å². The Morgan fingerprint density at radius 2 is 1.95 bits per heavy atom. The first-order valence-corrected chi connectivity index (χ1v) is 7.70. The van der Waals surface area contributed by atoms with Gasteiger partial charge in [-0.3, -0.25) is 9.59 Å². The summed E-state index contributed by atoms with van der Waals surface area (Å²) < 4.78 is 13.8. The van der Waals surface area contributed by atoms with Gasteiger partial charge < -0.3 is 10.6 Å². The van der Waals surface area contributed by atoms with Crippen LogP contribution in [0.15, 0.2) is 24.3 Å². The van der Waals surface area contributed by atoms with Crippen molar-refractivity contribution in [1.29, 1.82) is 0 Å². The number of carbonyl (C=O) groups is 2. The lowest BCUT2D eigenvalue weighted by molar-refractivity contribution is -0.114. The van der Waals surface area contributed by atoms with E-state index in [1.54, 1.807) is 6.07 Å². The number of benzene rings is 1. The zero-order chi connectivity index (χ0) is 16.3. The van der Waals surface area contributed by atoms with Crippen molar-refractivity contribution in [1.82, 2.24) is 0 Å². The Kier molecular flexibility index (Phi) is 4.92. The predicted octanol–water partition coefficient (Wildman–Crippen LogP) is 3.97. The summed E-state index contributed by atoms with van der Waals surface area (Å²) in [5.74, 6) is -1.16. The monoisotopic (exact) mass is 320 g/mol. The molecule has 116 valence electrons. The summed E-state index contributed by atoms with van der Waals surface area (Å²) in [6, 6.07) is 5.85. The van der Waals surface area contributed by atoms with Crippen molar-refractivity contribution in [2.75, 3.05) is 10.6 Å². The summed E-state index contributed by atoms with van der Waals surface area (Å²) in [6.07, 6.45) is 0.857. The van der Waals surface area contributed by atoms with Gasteiger partial charge in [0.25, 0.3) is 5.91 Å². The molecule has 0 atom stereocenters. The van der Waals surface area contributed by atoms with E-state index in [0.717, 1.165) is 16.9 Å². The molecule has 6 heteroatoms. The van der Waals surface area contributed by atoms with Crippen molar-refractivity contribution >= 4 is 34.5 Å². The topological polar surface area (TPSA) is 58.2 Å². The molecule has 2 N–H and O–H groups in total. The van der Waals surface area contributed by atoms with Crippen LogP contribution in [-0.2, 0) is 11.2 Å². The van der Waals surface area contributed by atoms with Crippen LogP contribution < -0.4 is 10.6 Å². The molecule has 0 saturated heterocycles. The van der Waals surface area contributed by atoms with Crippen molar-refractivity contribution in [3.63, 3.8) is 0 Å². The van der Waals surface area contributed by atoms with E-state index in [9.17, 15) is 14.0 Å². The third-order valence-corrected chi connectivity index (χ3v) is 4.48. The zero-order valence-corrected chi connectivity index (χ0v) is 13.4. The van der Waals surface area contributed by atoms with Gasteiger partial charge in [-0.05, 0) is 43.2 Å². The van der Waals surface area contributed by atoms with Gasteiger partial charge in [0.2, 0.25) is 5.91 Å². The molecule has 1 heterocycles. The first kappa shape index (κ1) is 16.2. The SMILES string of the molecule is CCc1sc(C(=O)Nc2cc(NC(C)=O)ccc2F)cc1C. The van der Waals surface area contributed by atoms with Crippen LogP contribution in [0.3, 0.4) is 0 Å². The Balaban J connectivity index is 2.21. The van der Waals surface area contributed by atoms with Gasteiger partial charge in [0.1, 0.15) is 5.82 Å². The Labute approximate surface area is 132 Å². The van der Waals surface area contributed by atoms with Crippen molar-refractivity contribution in [3.05, 3.63) is 45.4 Å². The smallest absolute Gasteiger partial charge is 0.265 e. The second-order valence-corrected chi connectivity index (χ2v) is 6.04. The van der Waals surface area contributed by atoms with Crippen LogP contribution in [0.25, 0.3) is 0 Å². The minimum Gasteiger partial charge on any atom is -0.326 e. The molecule has 0 bridgehead atoms. The van der Waals surface area contributed by atoms with Gasteiger partial charge in [0.05, 0.1) is 10.6 Å². The van der Waals surface area contributed by atoms with Crippen LogP contribution in [0, 0.1) is 12.7 Å². The number of amides is 2. The second kappa shape index (κ2) is 6.70. The highest BCUT2D eigenvalue weighted by molar-refractivity contribution is 7.14. The Bertz CT molecular complexity index is 725. The summed E-state index contributed by atoms with van der Waals surface area (Å²) in [6.45, 7) is 5.34. The van der Waals surface area contributed by atoms with Gasteiger partial charge in [0, 0.05) is 17.5 Å². The highest BCUT2D eigenvalue weighted by Crippen LogP contribution is 2.25. The van der Waals surface area contributed by atoms with Gasteiger partial charge in [-0.25, -0.2) is 4.39 Å². The molecule has 1 aromatic heterocycles. The van der Waals surface area contributed by atoms with E-state index in [2.05, 4.69) is 10.6 Å². The van der Waals surface area contributed by atoms with Gasteiger partial charge in [-0.15, -0.1) is 11.3 Å². The van der Waals surface area contributed by atoms with Crippen LogP contribution in [0.5, 0.6) is 0 Å². The number of nitrogens with one attached hydrogen (secondary N) is 2. The van der Waals surface area contributed by atoms with E-state index < -0.39 is 5.82 Å². The molecule has 0 unspecified atom stereocenters. The Hall–Kier alpha value is -2.21. The Morgan fingerprint density at radius 3 is 2.55 bits per heavy atom. The lowest BCUT2D eigenvalue weighted by Crippen LogP contribution is -2.12. The van der Waals surface area contributed by atoms with Crippen LogP contribution in [0.4, 0.5) is 15.8 Å². The largest absolute Gasteiger partial charge is 0.326 e. The van der Waals surface area contributed by atoms with Gasteiger partial charge >= 0.3 is 0 Å². The maximum atomic E-state index is 13.8. The molecular weight excluding hydrogens is 303 g/mol. The molecule has 0 radical (unpaired) electrons. The second-order valence-electron chi connectivity index (χ2n) is 4.90. The van der Waals surface area contributed by atoms with E-state index in [-0.39, 0.29) is 17.5 Å². The number of thiophene rings is 1. The summed E-state index contributed by atoms with van der Waals surface area (Å²) >= 11 is 1.40. The average molecular weight is 320 g/mol. The van der Waals surface area contributed by atoms with E-state index in [1.165, 1.54) is 36.5 Å². The number of halogens is 1. The zero-order valence-electron chi connectivity index (χ0n) is 12.6. The van der Waals surface area contributed by atoms with Crippen molar-refractivity contribution in [3.8, 4) is 0 Å². The fraction of sp³-hybridized carbons (Fsp3) is 0.250. The molecular formula is C16H17FN2O2S. The third-order valence-electron chi connectivity index (χ3n) is 3.10. The van der Waals surface area contributed by atoms with Crippen molar-refractivity contribution in [2.45, 2.75) is 27.2 Å². The fourth-order valence-corrected chi connectivity index (χ4v) is 3.08. The lowest BCUT2D eigenvalue weighted by Gasteiger charge is -2.08. The number of aryl methyl sites for hydroxylation is 2. The highest BCUT2D eigenvalue weighted by Gasteiger charge is 2.14. The molecule has 2 aromatic rings. The van der Waals surface area contributed by atoms with Crippen LogP contribution in [0.2, 0.25) is 0 Å². The lowest BCUT2D eigenvalue weighted by atomic mass is 10.2. The standard InChI is InChI=1S/C16H17FN2O2S/c1-4-14-9(2)7-15(22-14)16(21)19-13-8-11(18-10(3)20)5-6-12(13)17/h5-8H,4H2,1-3H3,(H,18,20)(H,19,21). The van der Waals surface area contributed by atoms with Gasteiger partial charge in [-0.2, -0.15) is 0 Å².